The number of benzene rings is 2. The Morgan fingerprint density at radius 1 is 0.829 bits per heavy atom. The summed E-state index contributed by atoms with van der Waals surface area (Å²) in [6, 6.07) is 10.6. The molecule has 3 aliphatic rings. The van der Waals surface area contributed by atoms with Crippen molar-refractivity contribution in [1.29, 1.82) is 0 Å². The topological polar surface area (TPSA) is 116 Å². The number of carbonyl (C=O) groups excluding carboxylic acids is 2. The van der Waals surface area contributed by atoms with Gasteiger partial charge < -0.3 is 4.74 Å². The summed E-state index contributed by atoms with van der Waals surface area (Å²) in [5, 5.41) is 1.25. The minimum atomic E-state index is -3.90. The summed E-state index contributed by atoms with van der Waals surface area (Å²) in [6.07, 6.45) is 1.83. The molecule has 8 heteroatoms. The first-order valence-corrected chi connectivity index (χ1v) is 13.8. The molecule has 0 aromatic heterocycles. The molecule has 0 spiro atoms. The third kappa shape index (κ3) is 4.14. The number of hydrogen-bond acceptors (Lipinski definition) is 6. The molecular formula is C27H34N2O5S. The van der Waals surface area contributed by atoms with E-state index in [1.165, 1.54) is 0 Å². The lowest BCUT2D eigenvalue weighted by molar-refractivity contribution is -0.186. The van der Waals surface area contributed by atoms with Gasteiger partial charge in [-0.15, -0.1) is 0 Å². The lowest BCUT2D eigenvalue weighted by atomic mass is 9.56. The average Bonchev–Trinajstić information content (AvgIpc) is 2.75. The van der Waals surface area contributed by atoms with Gasteiger partial charge in [-0.3, -0.25) is 15.4 Å². The number of Topliss-reactive ketones (excluding diaryl/α,β-unsaturated/α-hetero) is 2. The van der Waals surface area contributed by atoms with E-state index in [2.05, 4.69) is 27.7 Å². The fraction of sp³-hybridized carbons (Fsp3) is 0.556. The lowest BCUT2D eigenvalue weighted by Crippen LogP contribution is -2.58. The zero-order valence-electron chi connectivity index (χ0n) is 20.7. The molecule has 35 heavy (non-hydrogen) atoms. The standard InChI is InChI=1S/C27H34N2O5S/c1-26(2)11-18(30)24-20(13-26)34-21-14-27(3,4)12-19(31)25(21)23(24)17-9-10-22(35(32,33)29-28)16-8-6-5-7-15(16)17/h5-10,20-21,23-25,29H,11-14,28H2,1-4H3/t20-,21-,23?,24-,25+/m0/s1. The van der Waals surface area contributed by atoms with Crippen LogP contribution in [-0.4, -0.2) is 32.2 Å². The molecule has 3 fully saturated rings. The molecule has 2 aliphatic carbocycles. The predicted octanol–water partition coefficient (Wildman–Crippen LogP) is 3.85. The molecular weight excluding hydrogens is 464 g/mol. The fourth-order valence-corrected chi connectivity index (χ4v) is 7.77. The van der Waals surface area contributed by atoms with Gasteiger partial charge in [-0.2, -0.15) is 4.83 Å². The molecule has 0 amide bonds. The number of ketones is 2. The van der Waals surface area contributed by atoms with E-state index in [9.17, 15) is 18.0 Å². The summed E-state index contributed by atoms with van der Waals surface area (Å²) >= 11 is 0. The second kappa shape index (κ2) is 8.20. The molecule has 1 unspecified atom stereocenters. The quantitative estimate of drug-likeness (QED) is 0.491. The van der Waals surface area contributed by atoms with Crippen molar-refractivity contribution in [3.63, 3.8) is 0 Å². The highest BCUT2D eigenvalue weighted by Crippen LogP contribution is 2.55. The SMILES string of the molecule is CC1(C)CC(=O)[C@@H]2C(c3ccc(S(=O)(=O)NN)c4ccccc34)[C@@H]3C(=O)CC(C)(C)C[C@@H]3O[C@H]2C1. The van der Waals surface area contributed by atoms with Gasteiger partial charge in [-0.05, 0) is 40.7 Å². The van der Waals surface area contributed by atoms with Gasteiger partial charge >= 0.3 is 0 Å². The second-order valence-corrected chi connectivity index (χ2v) is 13.8. The molecule has 1 aliphatic heterocycles. The first-order valence-electron chi connectivity index (χ1n) is 12.3. The monoisotopic (exact) mass is 498 g/mol. The number of hydrogen-bond donors (Lipinski definition) is 2. The van der Waals surface area contributed by atoms with Crippen LogP contribution in [0.25, 0.3) is 10.8 Å². The van der Waals surface area contributed by atoms with Crippen LogP contribution in [0.1, 0.15) is 64.9 Å². The van der Waals surface area contributed by atoms with E-state index in [1.54, 1.807) is 24.3 Å². The van der Waals surface area contributed by atoms with Gasteiger partial charge in [-0.25, -0.2) is 8.42 Å². The lowest BCUT2D eigenvalue weighted by Gasteiger charge is -2.54. The normalized spacial score (nSPS) is 32.2. The van der Waals surface area contributed by atoms with Crippen LogP contribution in [-0.2, 0) is 24.3 Å². The highest BCUT2D eigenvalue weighted by atomic mass is 32.2. The minimum absolute atomic E-state index is 0.0757. The molecule has 5 atom stereocenters. The van der Waals surface area contributed by atoms with Crippen molar-refractivity contribution in [2.75, 3.05) is 0 Å². The van der Waals surface area contributed by atoms with Crippen LogP contribution in [0.15, 0.2) is 41.3 Å². The fourth-order valence-electron chi connectivity index (χ4n) is 6.93. The molecule has 7 nitrogen and oxygen atoms in total. The highest BCUT2D eigenvalue weighted by molar-refractivity contribution is 7.89. The zero-order valence-corrected chi connectivity index (χ0v) is 21.5. The number of rotatable bonds is 3. The molecule has 1 heterocycles. The van der Waals surface area contributed by atoms with E-state index < -0.39 is 21.9 Å². The van der Waals surface area contributed by atoms with Crippen molar-refractivity contribution >= 4 is 32.4 Å². The number of carbonyl (C=O) groups is 2. The second-order valence-electron chi connectivity index (χ2n) is 12.1. The van der Waals surface area contributed by atoms with Crippen LogP contribution in [0.4, 0.5) is 0 Å². The number of sulfonamides is 1. The van der Waals surface area contributed by atoms with Gasteiger partial charge in [0.1, 0.15) is 11.6 Å². The maximum atomic E-state index is 13.6. The van der Waals surface area contributed by atoms with E-state index in [0.29, 0.717) is 18.2 Å². The van der Waals surface area contributed by atoms with E-state index in [4.69, 9.17) is 10.6 Å². The van der Waals surface area contributed by atoms with Gasteiger partial charge in [0.15, 0.2) is 0 Å². The van der Waals surface area contributed by atoms with Crippen LogP contribution in [0, 0.1) is 22.7 Å². The largest absolute Gasteiger partial charge is 0.373 e. The smallest absolute Gasteiger partial charge is 0.253 e. The van der Waals surface area contributed by atoms with Crippen molar-refractivity contribution in [2.24, 2.45) is 28.5 Å². The Balaban J connectivity index is 1.73. The first-order chi connectivity index (χ1) is 16.3. The van der Waals surface area contributed by atoms with Crippen molar-refractivity contribution in [3.05, 3.63) is 42.0 Å². The third-order valence-electron chi connectivity index (χ3n) is 8.20. The predicted molar refractivity (Wildman–Crippen MR) is 133 cm³/mol. The van der Waals surface area contributed by atoms with Gasteiger partial charge in [0.2, 0.25) is 0 Å². The van der Waals surface area contributed by atoms with Gasteiger partial charge in [0.05, 0.1) is 28.9 Å². The van der Waals surface area contributed by atoms with Crippen molar-refractivity contribution in [2.45, 2.75) is 76.4 Å². The molecule has 3 N–H and O–H groups in total. The molecule has 2 saturated carbocycles. The number of hydrazine groups is 1. The van der Waals surface area contributed by atoms with E-state index in [-0.39, 0.29) is 45.4 Å². The van der Waals surface area contributed by atoms with E-state index in [1.807, 2.05) is 17.0 Å². The Morgan fingerprint density at radius 2 is 1.34 bits per heavy atom. The average molecular weight is 499 g/mol. The number of fused-ring (bicyclic) bond motifs is 3. The van der Waals surface area contributed by atoms with Crippen molar-refractivity contribution < 1.29 is 22.7 Å². The van der Waals surface area contributed by atoms with Crippen LogP contribution < -0.4 is 10.7 Å². The van der Waals surface area contributed by atoms with Crippen LogP contribution in [0.2, 0.25) is 0 Å². The molecule has 188 valence electrons. The molecule has 5 rings (SSSR count). The molecule has 0 radical (unpaired) electrons. The summed E-state index contributed by atoms with van der Waals surface area (Å²) in [5.74, 6) is 4.34. The maximum Gasteiger partial charge on any atom is 0.253 e. The maximum absolute atomic E-state index is 13.6. The summed E-state index contributed by atoms with van der Waals surface area (Å²) in [7, 11) is -3.90. The Kier molecular flexibility index (Phi) is 5.75. The summed E-state index contributed by atoms with van der Waals surface area (Å²) in [4.78, 5) is 29.3. The summed E-state index contributed by atoms with van der Waals surface area (Å²) in [5.41, 5.74) is 0.499. The van der Waals surface area contributed by atoms with Crippen LogP contribution in [0.5, 0.6) is 0 Å². The molecule has 1 saturated heterocycles. The highest BCUT2D eigenvalue weighted by Gasteiger charge is 2.57. The Morgan fingerprint density at radius 3 is 1.86 bits per heavy atom. The summed E-state index contributed by atoms with van der Waals surface area (Å²) < 4.78 is 31.9. The molecule has 0 bridgehead atoms. The Labute approximate surface area is 206 Å². The first kappa shape index (κ1) is 24.6. The number of nitrogens with one attached hydrogen (secondary N) is 1. The van der Waals surface area contributed by atoms with Gasteiger partial charge in [0, 0.05) is 24.1 Å². The van der Waals surface area contributed by atoms with E-state index >= 15 is 0 Å². The van der Waals surface area contributed by atoms with Crippen molar-refractivity contribution in [1.82, 2.24) is 4.83 Å². The number of nitrogens with two attached hydrogens (primary N) is 1. The summed E-state index contributed by atoms with van der Waals surface area (Å²) in [6.45, 7) is 8.37. The zero-order chi connectivity index (χ0) is 25.3. The third-order valence-corrected chi connectivity index (χ3v) is 9.45. The van der Waals surface area contributed by atoms with Crippen LogP contribution in [0.3, 0.4) is 0 Å². The van der Waals surface area contributed by atoms with Crippen molar-refractivity contribution in [3.8, 4) is 0 Å². The van der Waals surface area contributed by atoms with E-state index in [0.717, 1.165) is 23.8 Å². The number of ether oxygens (including phenoxy) is 1. The van der Waals surface area contributed by atoms with Crippen LogP contribution >= 0.6 is 0 Å². The van der Waals surface area contributed by atoms with Gasteiger partial charge in [0.25, 0.3) is 10.0 Å². The van der Waals surface area contributed by atoms with Gasteiger partial charge in [-0.1, -0.05) is 58.0 Å². The molecule has 2 aromatic rings. The Hall–Kier alpha value is -2.13. The minimum Gasteiger partial charge on any atom is -0.373 e. The Bertz CT molecular complexity index is 1270. The molecule has 2 aromatic carbocycles.